The molecule has 1 aliphatic heterocycles. The third kappa shape index (κ3) is 24.4. The second kappa shape index (κ2) is 25.8. The summed E-state index contributed by atoms with van der Waals surface area (Å²) in [5.41, 5.74) is 0. The predicted octanol–water partition coefficient (Wildman–Crippen LogP) is 8.57. The van der Waals surface area contributed by atoms with Gasteiger partial charge in [-0.25, -0.2) is 0 Å². The van der Waals surface area contributed by atoms with E-state index in [0.29, 0.717) is 31.5 Å². The normalized spacial score (nSPS) is 17.7. The van der Waals surface area contributed by atoms with Crippen molar-refractivity contribution in [3.8, 4) is 0 Å². The summed E-state index contributed by atoms with van der Waals surface area (Å²) in [6, 6.07) is 0. The first-order valence-electron chi connectivity index (χ1n) is 16.5. The number of rotatable bonds is 27. The number of epoxide rings is 1. The van der Waals surface area contributed by atoms with Crippen molar-refractivity contribution in [3.63, 3.8) is 0 Å². The van der Waals surface area contributed by atoms with E-state index in [1.807, 2.05) is 0 Å². The molecule has 0 saturated carbocycles. The van der Waals surface area contributed by atoms with E-state index < -0.39 is 6.10 Å². The molecule has 0 aromatic heterocycles. The number of allylic oxidation sites excluding steroid dienone is 4. The number of aliphatic hydroxyl groups is 1. The van der Waals surface area contributed by atoms with Crippen LogP contribution in [0.4, 0.5) is 0 Å². The number of aliphatic hydroxyl groups excluding tert-OH is 1. The fourth-order valence-corrected chi connectivity index (χ4v) is 4.54. The van der Waals surface area contributed by atoms with Crippen LogP contribution in [-0.2, 0) is 23.8 Å². The lowest BCUT2D eigenvalue weighted by molar-refractivity contribution is -0.152. The Bertz CT molecular complexity index is 741. The van der Waals surface area contributed by atoms with E-state index in [1.165, 1.54) is 51.4 Å². The Labute approximate surface area is 251 Å². The molecule has 0 aliphatic carbocycles. The molecule has 2 unspecified atom stereocenters. The number of esters is 2. The monoisotopic (exact) mass is 576 g/mol. The van der Waals surface area contributed by atoms with Crippen LogP contribution in [0.25, 0.3) is 0 Å². The first kappa shape index (κ1) is 37.1. The SMILES string of the molecule is CCCCC/C=C\C/C=C\CC1OC1C/C=C\CCCC(=O)OC[C@@H](O)COC(=O)CCCCCCCCC(C)C. The van der Waals surface area contributed by atoms with Gasteiger partial charge in [0, 0.05) is 12.8 Å². The largest absolute Gasteiger partial charge is 0.463 e. The van der Waals surface area contributed by atoms with Crippen LogP contribution in [0.2, 0.25) is 0 Å². The predicted molar refractivity (Wildman–Crippen MR) is 168 cm³/mol. The zero-order valence-electron chi connectivity index (χ0n) is 26.4. The van der Waals surface area contributed by atoms with E-state index in [1.54, 1.807) is 0 Å². The molecule has 0 radical (unpaired) electrons. The maximum absolute atomic E-state index is 11.9. The van der Waals surface area contributed by atoms with E-state index in [9.17, 15) is 14.7 Å². The maximum Gasteiger partial charge on any atom is 0.305 e. The van der Waals surface area contributed by atoms with Gasteiger partial charge in [0.15, 0.2) is 0 Å². The topological polar surface area (TPSA) is 85.4 Å². The van der Waals surface area contributed by atoms with Crippen molar-refractivity contribution in [2.45, 2.75) is 155 Å². The highest BCUT2D eigenvalue weighted by Gasteiger charge is 2.35. The third-order valence-corrected chi connectivity index (χ3v) is 7.21. The summed E-state index contributed by atoms with van der Waals surface area (Å²) in [6.45, 7) is 6.45. The second-order valence-corrected chi connectivity index (χ2v) is 11.8. The Morgan fingerprint density at radius 3 is 1.90 bits per heavy atom. The van der Waals surface area contributed by atoms with E-state index >= 15 is 0 Å². The van der Waals surface area contributed by atoms with Gasteiger partial charge in [0.25, 0.3) is 0 Å². The summed E-state index contributed by atoms with van der Waals surface area (Å²) in [4.78, 5) is 23.8. The van der Waals surface area contributed by atoms with E-state index in [2.05, 4.69) is 57.2 Å². The lowest BCUT2D eigenvalue weighted by Gasteiger charge is -2.12. The van der Waals surface area contributed by atoms with Crippen LogP contribution in [0.15, 0.2) is 36.5 Å². The Kier molecular flexibility index (Phi) is 23.3. The lowest BCUT2D eigenvalue weighted by atomic mass is 10.0. The van der Waals surface area contributed by atoms with Gasteiger partial charge in [-0.05, 0) is 57.3 Å². The van der Waals surface area contributed by atoms with Gasteiger partial charge >= 0.3 is 11.9 Å². The highest BCUT2D eigenvalue weighted by Crippen LogP contribution is 2.29. The van der Waals surface area contributed by atoms with Gasteiger partial charge in [-0.1, -0.05) is 109 Å². The van der Waals surface area contributed by atoms with Crippen molar-refractivity contribution >= 4 is 11.9 Å². The molecular formula is C35H60O6. The van der Waals surface area contributed by atoms with Crippen LogP contribution in [0.3, 0.4) is 0 Å². The van der Waals surface area contributed by atoms with Crippen molar-refractivity contribution in [3.05, 3.63) is 36.5 Å². The van der Waals surface area contributed by atoms with E-state index in [-0.39, 0.29) is 25.2 Å². The molecule has 0 amide bonds. The van der Waals surface area contributed by atoms with Gasteiger partial charge in [-0.3, -0.25) is 9.59 Å². The van der Waals surface area contributed by atoms with Crippen LogP contribution in [0.1, 0.15) is 136 Å². The molecule has 0 aromatic carbocycles. The summed E-state index contributed by atoms with van der Waals surface area (Å²) < 4.78 is 15.9. The second-order valence-electron chi connectivity index (χ2n) is 11.8. The minimum absolute atomic E-state index is 0.139. The smallest absolute Gasteiger partial charge is 0.305 e. The van der Waals surface area contributed by atoms with Gasteiger partial charge < -0.3 is 19.3 Å². The van der Waals surface area contributed by atoms with E-state index in [4.69, 9.17) is 14.2 Å². The van der Waals surface area contributed by atoms with Gasteiger partial charge in [-0.15, -0.1) is 0 Å². The molecule has 0 bridgehead atoms. The average Bonchev–Trinajstić information content (AvgIpc) is 3.70. The highest BCUT2D eigenvalue weighted by molar-refractivity contribution is 5.69. The Morgan fingerprint density at radius 1 is 0.707 bits per heavy atom. The maximum atomic E-state index is 11.9. The summed E-state index contributed by atoms with van der Waals surface area (Å²) in [7, 11) is 0. The zero-order valence-corrected chi connectivity index (χ0v) is 26.4. The van der Waals surface area contributed by atoms with Crippen LogP contribution >= 0.6 is 0 Å². The first-order valence-corrected chi connectivity index (χ1v) is 16.5. The number of unbranched alkanes of at least 4 members (excludes halogenated alkanes) is 9. The summed E-state index contributed by atoms with van der Waals surface area (Å²) in [5.74, 6) is 0.126. The molecule has 1 N–H and O–H groups in total. The van der Waals surface area contributed by atoms with Crippen molar-refractivity contribution in [1.82, 2.24) is 0 Å². The van der Waals surface area contributed by atoms with Crippen molar-refractivity contribution in [1.29, 1.82) is 0 Å². The zero-order chi connectivity index (χ0) is 30.0. The summed E-state index contributed by atoms with van der Waals surface area (Å²) in [6.07, 6.45) is 31.0. The van der Waals surface area contributed by atoms with Crippen molar-refractivity contribution < 1.29 is 28.9 Å². The van der Waals surface area contributed by atoms with E-state index in [0.717, 1.165) is 50.9 Å². The van der Waals surface area contributed by atoms with Gasteiger partial charge in [0.2, 0.25) is 0 Å². The average molecular weight is 577 g/mol. The molecule has 3 atom stereocenters. The minimum atomic E-state index is -0.989. The molecule has 0 spiro atoms. The highest BCUT2D eigenvalue weighted by atomic mass is 16.6. The lowest BCUT2D eigenvalue weighted by Crippen LogP contribution is -2.25. The molecule has 6 nitrogen and oxygen atoms in total. The van der Waals surface area contributed by atoms with Gasteiger partial charge in [0.05, 0.1) is 12.2 Å². The van der Waals surface area contributed by atoms with Crippen molar-refractivity contribution in [2.75, 3.05) is 13.2 Å². The molecule has 236 valence electrons. The molecule has 1 fully saturated rings. The van der Waals surface area contributed by atoms with Crippen LogP contribution < -0.4 is 0 Å². The fraction of sp³-hybridized carbons (Fsp3) is 0.771. The third-order valence-electron chi connectivity index (χ3n) is 7.21. The first-order chi connectivity index (χ1) is 19.9. The Morgan fingerprint density at radius 2 is 1.24 bits per heavy atom. The molecule has 1 aliphatic rings. The van der Waals surface area contributed by atoms with Gasteiger partial charge in [-0.2, -0.15) is 0 Å². The summed E-state index contributed by atoms with van der Waals surface area (Å²) in [5, 5.41) is 9.94. The molecular weight excluding hydrogens is 516 g/mol. The summed E-state index contributed by atoms with van der Waals surface area (Å²) >= 11 is 0. The molecule has 41 heavy (non-hydrogen) atoms. The Hall–Kier alpha value is -1.92. The molecule has 0 aromatic rings. The Balaban J connectivity index is 1.92. The van der Waals surface area contributed by atoms with Gasteiger partial charge in [0.1, 0.15) is 19.3 Å². The number of ether oxygens (including phenoxy) is 3. The number of hydrogen-bond acceptors (Lipinski definition) is 6. The molecule has 6 heteroatoms. The van der Waals surface area contributed by atoms with Crippen LogP contribution in [-0.4, -0.2) is 48.6 Å². The number of hydrogen-bond donors (Lipinski definition) is 1. The molecule has 1 saturated heterocycles. The standard InChI is InChI=1S/C35H60O6/c1-4-5-6-7-8-9-10-14-19-24-32-33(41-32)25-20-16-17-22-27-35(38)40-29-31(36)28-39-34(37)26-21-15-12-11-13-18-23-30(2)3/h8-9,14,16,19-20,30-33,36H,4-7,10-13,15,17-18,21-29H2,1-3H3/b9-8-,19-14-,20-16-/t31-,32?,33?/m0/s1. The van der Waals surface area contributed by atoms with Crippen LogP contribution in [0.5, 0.6) is 0 Å². The molecule has 1 heterocycles. The molecule has 1 rings (SSSR count). The quantitative estimate of drug-likeness (QED) is 0.0456. The van der Waals surface area contributed by atoms with Crippen molar-refractivity contribution in [2.24, 2.45) is 5.92 Å². The van der Waals surface area contributed by atoms with Crippen LogP contribution in [0, 0.1) is 5.92 Å². The number of carbonyl (C=O) groups excluding carboxylic acids is 2. The minimum Gasteiger partial charge on any atom is -0.463 e. The number of carbonyl (C=O) groups is 2. The fourth-order valence-electron chi connectivity index (χ4n) is 4.54.